The fourth-order valence-electron chi connectivity index (χ4n) is 3.25. The van der Waals surface area contributed by atoms with Gasteiger partial charge in [0.25, 0.3) is 0 Å². The van der Waals surface area contributed by atoms with Crippen LogP contribution in [-0.2, 0) is 0 Å². The molecule has 0 aromatic carbocycles. The summed E-state index contributed by atoms with van der Waals surface area (Å²) < 4.78 is 13.1. The Kier molecular flexibility index (Phi) is 3.97. The minimum Gasteiger partial charge on any atom is -0.357 e. The molecular formula is C15H22FN3. The van der Waals surface area contributed by atoms with E-state index in [0.29, 0.717) is 0 Å². The second-order valence-corrected chi connectivity index (χ2v) is 5.76. The van der Waals surface area contributed by atoms with Gasteiger partial charge in [-0.05, 0) is 56.8 Å². The largest absolute Gasteiger partial charge is 0.357 e. The summed E-state index contributed by atoms with van der Waals surface area (Å²) in [4.78, 5) is 8.78. The second-order valence-electron chi connectivity index (χ2n) is 5.76. The van der Waals surface area contributed by atoms with Crippen molar-refractivity contribution in [2.75, 3.05) is 37.6 Å². The molecule has 0 spiro atoms. The van der Waals surface area contributed by atoms with Crippen LogP contribution < -0.4 is 4.90 Å². The average Bonchev–Trinajstić information content (AvgIpc) is 2.92. The fourth-order valence-corrected chi connectivity index (χ4v) is 3.25. The number of halogens is 1. The van der Waals surface area contributed by atoms with Crippen LogP contribution in [0.1, 0.15) is 25.7 Å². The first kappa shape index (κ1) is 12.9. The smallest absolute Gasteiger partial charge is 0.214 e. The predicted molar refractivity (Wildman–Crippen MR) is 74.8 cm³/mol. The first-order valence-electron chi connectivity index (χ1n) is 7.41. The van der Waals surface area contributed by atoms with Crippen molar-refractivity contribution in [2.24, 2.45) is 5.92 Å². The number of pyridine rings is 1. The summed E-state index contributed by atoms with van der Waals surface area (Å²) in [7, 11) is 0. The fraction of sp³-hybridized carbons (Fsp3) is 0.667. The molecular weight excluding hydrogens is 241 g/mol. The average molecular weight is 263 g/mol. The van der Waals surface area contributed by atoms with Gasteiger partial charge in [-0.3, -0.25) is 0 Å². The van der Waals surface area contributed by atoms with Gasteiger partial charge in [0.05, 0.1) is 0 Å². The van der Waals surface area contributed by atoms with Crippen molar-refractivity contribution in [3.05, 3.63) is 24.1 Å². The van der Waals surface area contributed by atoms with Crippen LogP contribution in [0, 0.1) is 11.9 Å². The number of anilines is 1. The molecule has 0 aliphatic carbocycles. The van der Waals surface area contributed by atoms with Crippen molar-refractivity contribution in [3.8, 4) is 0 Å². The van der Waals surface area contributed by atoms with Gasteiger partial charge in [0, 0.05) is 19.6 Å². The molecule has 0 unspecified atom stereocenters. The van der Waals surface area contributed by atoms with E-state index in [2.05, 4.69) is 14.8 Å². The Morgan fingerprint density at radius 2 is 1.84 bits per heavy atom. The summed E-state index contributed by atoms with van der Waals surface area (Å²) in [6, 6.07) is 5.06. The predicted octanol–water partition coefficient (Wildman–Crippen LogP) is 2.53. The highest BCUT2D eigenvalue weighted by molar-refractivity contribution is 5.38. The maximum atomic E-state index is 13.1. The van der Waals surface area contributed by atoms with E-state index < -0.39 is 0 Å². The molecule has 0 atom stereocenters. The van der Waals surface area contributed by atoms with Crippen molar-refractivity contribution in [1.82, 2.24) is 9.88 Å². The quantitative estimate of drug-likeness (QED) is 0.781. The first-order valence-corrected chi connectivity index (χ1v) is 7.41. The van der Waals surface area contributed by atoms with Crippen molar-refractivity contribution in [3.63, 3.8) is 0 Å². The van der Waals surface area contributed by atoms with Crippen LogP contribution in [0.5, 0.6) is 0 Å². The van der Waals surface area contributed by atoms with Crippen molar-refractivity contribution >= 4 is 5.82 Å². The van der Waals surface area contributed by atoms with Gasteiger partial charge in [-0.25, -0.2) is 4.98 Å². The molecule has 3 heterocycles. The molecule has 19 heavy (non-hydrogen) atoms. The van der Waals surface area contributed by atoms with E-state index in [9.17, 15) is 4.39 Å². The van der Waals surface area contributed by atoms with Crippen LogP contribution in [0.4, 0.5) is 10.2 Å². The van der Waals surface area contributed by atoms with E-state index >= 15 is 0 Å². The Morgan fingerprint density at radius 1 is 1.11 bits per heavy atom. The Balaban J connectivity index is 1.51. The molecule has 0 amide bonds. The maximum Gasteiger partial charge on any atom is 0.214 e. The number of piperidine rings is 1. The third-order valence-corrected chi connectivity index (χ3v) is 4.35. The number of nitrogens with zero attached hydrogens (tertiary/aromatic N) is 3. The third kappa shape index (κ3) is 3.24. The zero-order valence-electron chi connectivity index (χ0n) is 11.4. The van der Waals surface area contributed by atoms with Crippen LogP contribution in [0.2, 0.25) is 0 Å². The minimum absolute atomic E-state index is 0.378. The Labute approximate surface area is 114 Å². The van der Waals surface area contributed by atoms with Gasteiger partial charge in [-0.1, -0.05) is 6.07 Å². The van der Waals surface area contributed by atoms with Gasteiger partial charge in [-0.15, -0.1) is 0 Å². The molecule has 0 bridgehead atoms. The monoisotopic (exact) mass is 263 g/mol. The van der Waals surface area contributed by atoms with E-state index in [4.69, 9.17) is 0 Å². The summed E-state index contributed by atoms with van der Waals surface area (Å²) in [5.41, 5.74) is 0. The Bertz CT molecular complexity index is 410. The van der Waals surface area contributed by atoms with E-state index in [1.54, 1.807) is 6.07 Å². The van der Waals surface area contributed by atoms with Gasteiger partial charge < -0.3 is 9.80 Å². The van der Waals surface area contributed by atoms with E-state index in [-0.39, 0.29) is 5.95 Å². The summed E-state index contributed by atoms with van der Waals surface area (Å²) in [5, 5.41) is 0. The molecule has 2 aliphatic heterocycles. The first-order chi connectivity index (χ1) is 9.31. The van der Waals surface area contributed by atoms with Crippen molar-refractivity contribution in [1.29, 1.82) is 0 Å². The normalized spacial score (nSPS) is 22.1. The lowest BCUT2D eigenvalue weighted by molar-refractivity contribution is 0.249. The van der Waals surface area contributed by atoms with Crippen LogP contribution in [0.25, 0.3) is 0 Å². The number of rotatable bonds is 3. The number of hydrogen-bond donors (Lipinski definition) is 0. The number of aromatic nitrogens is 1. The zero-order chi connectivity index (χ0) is 13.1. The molecule has 4 heteroatoms. The van der Waals surface area contributed by atoms with E-state index in [1.807, 2.05) is 6.07 Å². The highest BCUT2D eigenvalue weighted by atomic mass is 19.1. The second kappa shape index (κ2) is 5.87. The van der Waals surface area contributed by atoms with Crippen LogP contribution in [0.3, 0.4) is 0 Å². The van der Waals surface area contributed by atoms with Gasteiger partial charge in [0.15, 0.2) is 0 Å². The van der Waals surface area contributed by atoms with Gasteiger partial charge >= 0.3 is 0 Å². The summed E-state index contributed by atoms with van der Waals surface area (Å²) in [6.07, 6.45) is 5.14. The molecule has 2 aliphatic rings. The van der Waals surface area contributed by atoms with Crippen molar-refractivity contribution < 1.29 is 4.39 Å². The zero-order valence-corrected chi connectivity index (χ0v) is 11.4. The molecule has 0 saturated carbocycles. The molecule has 0 N–H and O–H groups in total. The molecule has 104 valence electrons. The topological polar surface area (TPSA) is 19.4 Å². The summed E-state index contributed by atoms with van der Waals surface area (Å²) in [6.45, 7) is 5.84. The standard InChI is InChI=1S/C15H22FN3/c16-14-4-3-5-15(17-14)19-10-6-13(7-11-19)12-18-8-1-2-9-18/h3-5,13H,1-2,6-12H2. The number of hydrogen-bond acceptors (Lipinski definition) is 3. The molecule has 2 fully saturated rings. The maximum absolute atomic E-state index is 13.1. The molecule has 2 saturated heterocycles. The van der Waals surface area contributed by atoms with E-state index in [0.717, 1.165) is 24.8 Å². The van der Waals surface area contributed by atoms with Gasteiger partial charge in [0.1, 0.15) is 5.82 Å². The molecule has 0 radical (unpaired) electrons. The minimum atomic E-state index is -0.378. The summed E-state index contributed by atoms with van der Waals surface area (Å²) in [5.74, 6) is 1.22. The Hall–Kier alpha value is -1.16. The third-order valence-electron chi connectivity index (χ3n) is 4.35. The lowest BCUT2D eigenvalue weighted by atomic mass is 9.96. The van der Waals surface area contributed by atoms with Gasteiger partial charge in [0.2, 0.25) is 5.95 Å². The van der Waals surface area contributed by atoms with Gasteiger partial charge in [-0.2, -0.15) is 4.39 Å². The van der Waals surface area contributed by atoms with Crippen molar-refractivity contribution in [2.45, 2.75) is 25.7 Å². The molecule has 3 rings (SSSR count). The molecule has 3 nitrogen and oxygen atoms in total. The SMILES string of the molecule is Fc1cccc(N2CCC(CN3CCCC3)CC2)n1. The summed E-state index contributed by atoms with van der Waals surface area (Å²) >= 11 is 0. The van der Waals surface area contributed by atoms with E-state index in [1.165, 1.54) is 51.4 Å². The lowest BCUT2D eigenvalue weighted by Crippen LogP contribution is -2.38. The van der Waals surface area contributed by atoms with Crippen LogP contribution >= 0.6 is 0 Å². The highest BCUT2D eigenvalue weighted by Gasteiger charge is 2.23. The molecule has 1 aromatic heterocycles. The molecule has 1 aromatic rings. The lowest BCUT2D eigenvalue weighted by Gasteiger charge is -2.34. The Morgan fingerprint density at radius 3 is 2.53 bits per heavy atom. The highest BCUT2D eigenvalue weighted by Crippen LogP contribution is 2.23. The number of likely N-dealkylation sites (tertiary alicyclic amines) is 1. The van der Waals surface area contributed by atoms with Crippen LogP contribution in [0.15, 0.2) is 18.2 Å². The van der Waals surface area contributed by atoms with Crippen LogP contribution in [-0.4, -0.2) is 42.6 Å².